The zero-order valence-corrected chi connectivity index (χ0v) is 19.9. The molecule has 1 saturated heterocycles. The van der Waals surface area contributed by atoms with Crippen LogP contribution in [0.2, 0.25) is 0 Å². The normalized spacial score (nSPS) is 30.5. The lowest BCUT2D eigenvalue weighted by molar-refractivity contribution is -0.328. The molecule has 0 unspecified atom stereocenters. The Kier molecular flexibility index (Phi) is 5.68. The number of esters is 1. The minimum atomic E-state index is -1.85. The standard InChI is InChI=1S/C26H26N2O9/c1-2-26(37-24-22(32)21(31)20(30)18(10-29)36-24)15-8-17-19-13(7-12-5-3-4-6-16(12)27-19)9-28(17)23(33)14(15)11-35-25(26)34/h3-8,18,20-22,24,29-32H,2,9-11H2,1H3/t18-,20-,21+,22-,24+,26+/m1/s1. The largest absolute Gasteiger partial charge is 0.458 e. The van der Waals surface area contributed by atoms with Crippen LogP contribution in [0.3, 0.4) is 0 Å². The van der Waals surface area contributed by atoms with E-state index in [2.05, 4.69) is 0 Å². The van der Waals surface area contributed by atoms with E-state index in [0.717, 1.165) is 16.5 Å². The summed E-state index contributed by atoms with van der Waals surface area (Å²) in [6, 6.07) is 11.3. The van der Waals surface area contributed by atoms with E-state index >= 15 is 0 Å². The average Bonchev–Trinajstić information content (AvgIpc) is 3.27. The van der Waals surface area contributed by atoms with Gasteiger partial charge in [-0.3, -0.25) is 4.79 Å². The molecule has 1 aromatic carbocycles. The summed E-state index contributed by atoms with van der Waals surface area (Å²) >= 11 is 0. The van der Waals surface area contributed by atoms with Crippen LogP contribution in [0.4, 0.5) is 0 Å². The monoisotopic (exact) mass is 510 g/mol. The topological polar surface area (TPSA) is 161 Å². The van der Waals surface area contributed by atoms with Crippen LogP contribution in [0.1, 0.15) is 30.0 Å². The molecule has 194 valence electrons. The summed E-state index contributed by atoms with van der Waals surface area (Å²) in [6.07, 6.45) is -7.84. The van der Waals surface area contributed by atoms with Gasteiger partial charge in [-0.25, -0.2) is 9.78 Å². The molecule has 4 N–H and O–H groups in total. The van der Waals surface area contributed by atoms with Gasteiger partial charge < -0.3 is 39.2 Å². The maximum Gasteiger partial charge on any atom is 0.343 e. The fourth-order valence-electron chi connectivity index (χ4n) is 5.47. The van der Waals surface area contributed by atoms with Gasteiger partial charge in [-0.15, -0.1) is 0 Å². The summed E-state index contributed by atoms with van der Waals surface area (Å²) in [5, 5.41) is 41.4. The van der Waals surface area contributed by atoms with Crippen molar-refractivity contribution in [2.75, 3.05) is 6.61 Å². The molecule has 0 aliphatic carbocycles. The molecule has 0 amide bonds. The molecule has 5 heterocycles. The molecule has 0 bridgehead atoms. The number of para-hydroxylation sites is 1. The van der Waals surface area contributed by atoms with Gasteiger partial charge in [0.2, 0.25) is 0 Å². The summed E-state index contributed by atoms with van der Waals surface area (Å²) in [5.41, 5.74) is 1.06. The quantitative estimate of drug-likeness (QED) is 0.273. The molecule has 3 aliphatic heterocycles. The Morgan fingerprint density at radius 3 is 2.68 bits per heavy atom. The van der Waals surface area contributed by atoms with Gasteiger partial charge >= 0.3 is 5.97 Å². The molecule has 1 fully saturated rings. The Balaban J connectivity index is 1.49. The van der Waals surface area contributed by atoms with Gasteiger partial charge in [0.25, 0.3) is 5.56 Å². The average molecular weight is 510 g/mol. The molecule has 3 aliphatic rings. The molecule has 11 nitrogen and oxygen atoms in total. The highest BCUT2D eigenvalue weighted by Gasteiger charge is 2.53. The van der Waals surface area contributed by atoms with Crippen LogP contribution in [0.5, 0.6) is 0 Å². The Labute approximate surface area is 210 Å². The van der Waals surface area contributed by atoms with Gasteiger partial charge in [0, 0.05) is 16.5 Å². The van der Waals surface area contributed by atoms with Gasteiger partial charge in [-0.05, 0) is 24.6 Å². The summed E-state index contributed by atoms with van der Waals surface area (Å²) in [4.78, 5) is 31.7. The third kappa shape index (κ3) is 3.46. The van der Waals surface area contributed by atoms with E-state index in [9.17, 15) is 30.0 Å². The zero-order valence-electron chi connectivity index (χ0n) is 19.9. The van der Waals surface area contributed by atoms with Gasteiger partial charge in [-0.2, -0.15) is 0 Å². The van der Waals surface area contributed by atoms with Crippen LogP contribution in [0, 0.1) is 0 Å². The van der Waals surface area contributed by atoms with Crippen LogP contribution in [0.15, 0.2) is 41.2 Å². The number of aromatic nitrogens is 2. The van der Waals surface area contributed by atoms with Crippen molar-refractivity contribution in [3.05, 3.63) is 63.4 Å². The lowest BCUT2D eigenvalue weighted by atomic mass is 9.85. The number of aliphatic hydroxyl groups excluding tert-OH is 4. The molecule has 37 heavy (non-hydrogen) atoms. The van der Waals surface area contributed by atoms with Crippen LogP contribution < -0.4 is 5.56 Å². The number of hydrogen-bond donors (Lipinski definition) is 4. The highest BCUT2D eigenvalue weighted by molar-refractivity contribution is 5.86. The Hall–Kier alpha value is -3.19. The number of fused-ring (bicyclic) bond motifs is 5. The second kappa shape index (κ2) is 8.69. The molecular formula is C26H26N2O9. The summed E-state index contributed by atoms with van der Waals surface area (Å²) in [5.74, 6) is -0.784. The van der Waals surface area contributed by atoms with Crippen molar-refractivity contribution >= 4 is 16.9 Å². The number of hydrogen-bond acceptors (Lipinski definition) is 10. The van der Waals surface area contributed by atoms with Crippen molar-refractivity contribution in [2.45, 2.75) is 62.8 Å². The summed E-state index contributed by atoms with van der Waals surface area (Å²) < 4.78 is 18.5. The summed E-state index contributed by atoms with van der Waals surface area (Å²) in [6.45, 7) is 1.06. The highest BCUT2D eigenvalue weighted by atomic mass is 16.7. The first-order valence-corrected chi connectivity index (χ1v) is 12.1. The number of pyridine rings is 2. The van der Waals surface area contributed by atoms with Gasteiger partial charge in [0.15, 0.2) is 11.9 Å². The predicted octanol–water partition coefficient (Wildman–Crippen LogP) is -0.0962. The molecule has 3 aromatic rings. The molecule has 2 aromatic heterocycles. The maximum absolute atomic E-state index is 13.6. The van der Waals surface area contributed by atoms with E-state index in [1.807, 2.05) is 30.3 Å². The first-order chi connectivity index (χ1) is 17.8. The number of nitrogens with zero attached hydrogens (tertiary/aromatic N) is 2. The van der Waals surface area contributed by atoms with E-state index in [0.29, 0.717) is 17.9 Å². The second-order valence-corrected chi connectivity index (χ2v) is 9.57. The van der Waals surface area contributed by atoms with Gasteiger partial charge in [0.05, 0.1) is 35.6 Å². The smallest absolute Gasteiger partial charge is 0.343 e. The van der Waals surface area contributed by atoms with E-state index in [1.54, 1.807) is 17.6 Å². The van der Waals surface area contributed by atoms with Crippen molar-refractivity contribution < 1.29 is 39.4 Å². The lowest BCUT2D eigenvalue weighted by Gasteiger charge is -2.44. The first kappa shape index (κ1) is 24.2. The molecule has 0 radical (unpaired) electrons. The predicted molar refractivity (Wildman–Crippen MR) is 127 cm³/mol. The van der Waals surface area contributed by atoms with Crippen molar-refractivity contribution in [1.29, 1.82) is 0 Å². The Bertz CT molecular complexity index is 1470. The van der Waals surface area contributed by atoms with Crippen molar-refractivity contribution in [2.24, 2.45) is 0 Å². The molecular weight excluding hydrogens is 484 g/mol. The molecule has 0 saturated carbocycles. The Morgan fingerprint density at radius 1 is 1.14 bits per heavy atom. The van der Waals surface area contributed by atoms with Crippen molar-refractivity contribution in [1.82, 2.24) is 9.55 Å². The number of aliphatic hydroxyl groups is 4. The summed E-state index contributed by atoms with van der Waals surface area (Å²) in [7, 11) is 0. The second-order valence-electron chi connectivity index (χ2n) is 9.57. The van der Waals surface area contributed by atoms with Crippen molar-refractivity contribution in [3.63, 3.8) is 0 Å². The number of rotatable bonds is 4. The maximum atomic E-state index is 13.6. The Morgan fingerprint density at radius 2 is 1.92 bits per heavy atom. The molecule has 0 spiro atoms. The number of benzene rings is 1. The van der Waals surface area contributed by atoms with Crippen molar-refractivity contribution in [3.8, 4) is 11.4 Å². The number of carbonyl (C=O) groups is 1. The molecule has 6 rings (SSSR count). The van der Waals surface area contributed by atoms with Crippen LogP contribution in [-0.2, 0) is 37.8 Å². The third-order valence-corrected chi connectivity index (χ3v) is 7.55. The van der Waals surface area contributed by atoms with E-state index in [1.165, 1.54) is 0 Å². The number of ether oxygens (including phenoxy) is 3. The SMILES string of the molecule is CC[C@@]1(O[C@@H]2O[C@H](CO)[C@@H](O)[C@H](O)[C@H]2O)C(=O)OCc2c1cc1n(c2=O)Cc2cc3ccccc3nc2-1. The van der Waals surface area contributed by atoms with Crippen LogP contribution in [-0.4, -0.2) is 73.3 Å². The van der Waals surface area contributed by atoms with E-state index in [-0.39, 0.29) is 29.7 Å². The third-order valence-electron chi connectivity index (χ3n) is 7.55. The molecule has 6 atom stereocenters. The van der Waals surface area contributed by atoms with Gasteiger partial charge in [0.1, 0.15) is 31.0 Å². The lowest BCUT2D eigenvalue weighted by Crippen LogP contribution is -2.61. The molecule has 11 heteroatoms. The first-order valence-electron chi connectivity index (χ1n) is 12.1. The minimum absolute atomic E-state index is 0.00868. The number of carbonyl (C=O) groups excluding carboxylic acids is 1. The minimum Gasteiger partial charge on any atom is -0.458 e. The van der Waals surface area contributed by atoms with E-state index in [4.69, 9.17) is 19.2 Å². The van der Waals surface area contributed by atoms with E-state index < -0.39 is 48.9 Å². The van der Waals surface area contributed by atoms with Crippen LogP contribution in [0.25, 0.3) is 22.3 Å². The van der Waals surface area contributed by atoms with Crippen LogP contribution >= 0.6 is 0 Å². The fraction of sp³-hybridized carbons (Fsp3) is 0.423. The number of cyclic esters (lactones) is 1. The zero-order chi connectivity index (χ0) is 26.1. The highest BCUT2D eigenvalue weighted by Crippen LogP contribution is 2.42. The van der Waals surface area contributed by atoms with Gasteiger partial charge in [-0.1, -0.05) is 25.1 Å². The fourth-order valence-corrected chi connectivity index (χ4v) is 5.47.